The van der Waals surface area contributed by atoms with Crippen molar-refractivity contribution in [1.82, 2.24) is 5.32 Å². The molecule has 1 saturated heterocycles. The van der Waals surface area contributed by atoms with Gasteiger partial charge >= 0.3 is 0 Å². The van der Waals surface area contributed by atoms with Gasteiger partial charge in [-0.1, -0.05) is 17.7 Å². The number of halogens is 1. The quantitative estimate of drug-likeness (QED) is 0.724. The Morgan fingerprint density at radius 2 is 2.19 bits per heavy atom. The number of rotatable bonds is 0. The van der Waals surface area contributed by atoms with Crippen LogP contribution < -0.4 is 10.6 Å². The molecule has 2 atom stereocenters. The Morgan fingerprint density at radius 1 is 1.38 bits per heavy atom. The summed E-state index contributed by atoms with van der Waals surface area (Å²) in [7, 11) is 0. The molecule has 2 unspecified atom stereocenters. The predicted molar refractivity (Wildman–Crippen MR) is 68.3 cm³/mol. The fourth-order valence-corrected chi connectivity index (χ4v) is 3.26. The summed E-state index contributed by atoms with van der Waals surface area (Å²) in [5.41, 5.74) is 2.80. The molecule has 2 aliphatic heterocycles. The standard InChI is InChI=1S/C13H17ClN2/c1-13(2)12-10(5-6-15-13)9-4-3-8(14)7-11(9)16-12/h3-4,7,10,12,15-16H,5-6H2,1-2H3. The van der Waals surface area contributed by atoms with E-state index in [2.05, 4.69) is 30.5 Å². The largest absolute Gasteiger partial charge is 0.380 e. The maximum absolute atomic E-state index is 6.04. The Labute approximate surface area is 101 Å². The van der Waals surface area contributed by atoms with Crippen LogP contribution in [0.2, 0.25) is 5.02 Å². The molecule has 1 aromatic rings. The van der Waals surface area contributed by atoms with Crippen LogP contribution in [0.15, 0.2) is 18.2 Å². The van der Waals surface area contributed by atoms with Crippen LogP contribution in [-0.2, 0) is 0 Å². The molecule has 2 N–H and O–H groups in total. The minimum atomic E-state index is 0.147. The van der Waals surface area contributed by atoms with Crippen molar-refractivity contribution in [3.05, 3.63) is 28.8 Å². The average Bonchev–Trinajstić information content (AvgIpc) is 2.57. The first kappa shape index (κ1) is 10.4. The Morgan fingerprint density at radius 3 is 3.00 bits per heavy atom. The highest BCUT2D eigenvalue weighted by Crippen LogP contribution is 2.44. The molecule has 2 aliphatic rings. The smallest absolute Gasteiger partial charge is 0.0507 e. The van der Waals surface area contributed by atoms with Crippen LogP contribution in [0.25, 0.3) is 0 Å². The van der Waals surface area contributed by atoms with Crippen LogP contribution in [0, 0.1) is 0 Å². The zero-order chi connectivity index (χ0) is 11.3. The molecule has 16 heavy (non-hydrogen) atoms. The third kappa shape index (κ3) is 1.44. The van der Waals surface area contributed by atoms with Gasteiger partial charge in [-0.25, -0.2) is 0 Å². The van der Waals surface area contributed by atoms with Crippen LogP contribution in [-0.4, -0.2) is 18.1 Å². The van der Waals surface area contributed by atoms with Gasteiger partial charge in [-0.2, -0.15) is 0 Å². The van der Waals surface area contributed by atoms with E-state index >= 15 is 0 Å². The molecule has 0 amide bonds. The maximum atomic E-state index is 6.04. The van der Waals surface area contributed by atoms with Gasteiger partial charge in [0.1, 0.15) is 0 Å². The molecule has 3 heteroatoms. The van der Waals surface area contributed by atoms with Crippen molar-refractivity contribution in [3.63, 3.8) is 0 Å². The molecule has 0 aromatic heterocycles. The third-order valence-electron chi connectivity index (χ3n) is 3.94. The van der Waals surface area contributed by atoms with Crippen LogP contribution >= 0.6 is 11.6 Å². The summed E-state index contributed by atoms with van der Waals surface area (Å²) in [4.78, 5) is 0. The molecular weight excluding hydrogens is 220 g/mol. The van der Waals surface area contributed by atoms with E-state index in [1.807, 2.05) is 12.1 Å². The molecule has 1 aromatic carbocycles. The highest BCUT2D eigenvalue weighted by Gasteiger charge is 2.44. The lowest BCUT2D eigenvalue weighted by Gasteiger charge is -2.41. The molecule has 2 nitrogen and oxygen atoms in total. The van der Waals surface area contributed by atoms with Crippen LogP contribution in [0.3, 0.4) is 0 Å². The van der Waals surface area contributed by atoms with Gasteiger partial charge in [-0.05, 0) is 44.5 Å². The summed E-state index contributed by atoms with van der Waals surface area (Å²) >= 11 is 6.04. The molecule has 86 valence electrons. The number of hydrogen-bond acceptors (Lipinski definition) is 2. The van der Waals surface area contributed by atoms with Gasteiger partial charge in [0.25, 0.3) is 0 Å². The minimum absolute atomic E-state index is 0.147. The van der Waals surface area contributed by atoms with Gasteiger partial charge in [-0.3, -0.25) is 0 Å². The van der Waals surface area contributed by atoms with Crippen molar-refractivity contribution in [3.8, 4) is 0 Å². The molecular formula is C13H17ClN2. The first-order valence-corrected chi connectivity index (χ1v) is 6.27. The van der Waals surface area contributed by atoms with E-state index in [1.165, 1.54) is 17.7 Å². The second kappa shape index (κ2) is 3.38. The lowest BCUT2D eigenvalue weighted by atomic mass is 9.78. The molecule has 1 fully saturated rings. The van der Waals surface area contributed by atoms with Crippen LogP contribution in [0.5, 0.6) is 0 Å². The van der Waals surface area contributed by atoms with Crippen LogP contribution in [0.1, 0.15) is 31.7 Å². The zero-order valence-corrected chi connectivity index (χ0v) is 10.4. The second-order valence-electron chi connectivity index (χ2n) is 5.40. The summed E-state index contributed by atoms with van der Waals surface area (Å²) in [5.74, 6) is 0.628. The molecule has 2 heterocycles. The van der Waals surface area contributed by atoms with Crippen molar-refractivity contribution < 1.29 is 0 Å². The molecule has 0 spiro atoms. The van der Waals surface area contributed by atoms with Gasteiger partial charge < -0.3 is 10.6 Å². The number of piperidine rings is 1. The normalized spacial score (nSPS) is 30.4. The number of fused-ring (bicyclic) bond motifs is 3. The highest BCUT2D eigenvalue weighted by molar-refractivity contribution is 6.30. The van der Waals surface area contributed by atoms with E-state index in [0.29, 0.717) is 12.0 Å². The number of hydrogen-bond donors (Lipinski definition) is 2. The fourth-order valence-electron chi connectivity index (χ4n) is 3.09. The Balaban J connectivity index is 2.03. The summed E-state index contributed by atoms with van der Waals surface area (Å²) in [6.45, 7) is 5.63. The maximum Gasteiger partial charge on any atom is 0.0507 e. The van der Waals surface area contributed by atoms with Crippen LogP contribution in [0.4, 0.5) is 5.69 Å². The van der Waals surface area contributed by atoms with Crippen molar-refractivity contribution in [2.75, 3.05) is 11.9 Å². The van der Waals surface area contributed by atoms with E-state index in [9.17, 15) is 0 Å². The summed E-state index contributed by atoms with van der Waals surface area (Å²) in [6, 6.07) is 6.70. The number of nitrogens with one attached hydrogen (secondary N) is 2. The van der Waals surface area contributed by atoms with Crippen molar-refractivity contribution in [2.24, 2.45) is 0 Å². The molecule has 3 rings (SSSR count). The van der Waals surface area contributed by atoms with Crippen molar-refractivity contribution >= 4 is 17.3 Å². The molecule has 0 saturated carbocycles. The first-order chi connectivity index (χ1) is 7.58. The van der Waals surface area contributed by atoms with E-state index in [4.69, 9.17) is 11.6 Å². The topological polar surface area (TPSA) is 24.1 Å². The van der Waals surface area contributed by atoms with E-state index in [0.717, 1.165) is 11.6 Å². The Kier molecular flexibility index (Phi) is 2.20. The Bertz CT molecular complexity index is 428. The summed E-state index contributed by atoms with van der Waals surface area (Å²) in [6.07, 6.45) is 1.20. The Hall–Kier alpha value is -0.730. The summed E-state index contributed by atoms with van der Waals surface area (Å²) in [5, 5.41) is 8.02. The molecule has 0 radical (unpaired) electrons. The van der Waals surface area contributed by atoms with Gasteiger partial charge in [0.2, 0.25) is 0 Å². The third-order valence-corrected chi connectivity index (χ3v) is 4.18. The lowest BCUT2D eigenvalue weighted by Crippen LogP contribution is -2.57. The highest BCUT2D eigenvalue weighted by atomic mass is 35.5. The SMILES string of the molecule is CC1(C)NCCC2c3ccc(Cl)cc3NC21. The van der Waals surface area contributed by atoms with E-state index < -0.39 is 0 Å². The lowest BCUT2D eigenvalue weighted by molar-refractivity contribution is 0.256. The van der Waals surface area contributed by atoms with E-state index in [-0.39, 0.29) is 5.54 Å². The second-order valence-corrected chi connectivity index (χ2v) is 5.83. The summed E-state index contributed by atoms with van der Waals surface area (Å²) < 4.78 is 0. The van der Waals surface area contributed by atoms with Crippen molar-refractivity contribution in [1.29, 1.82) is 0 Å². The monoisotopic (exact) mass is 236 g/mol. The number of benzene rings is 1. The van der Waals surface area contributed by atoms with Crippen molar-refractivity contribution in [2.45, 2.75) is 37.8 Å². The van der Waals surface area contributed by atoms with Gasteiger partial charge in [0, 0.05) is 22.2 Å². The zero-order valence-electron chi connectivity index (χ0n) is 9.68. The fraction of sp³-hybridized carbons (Fsp3) is 0.538. The predicted octanol–water partition coefficient (Wildman–Crippen LogP) is 2.99. The minimum Gasteiger partial charge on any atom is -0.380 e. The molecule has 0 aliphatic carbocycles. The first-order valence-electron chi connectivity index (χ1n) is 5.89. The van der Waals surface area contributed by atoms with Gasteiger partial charge in [0.15, 0.2) is 0 Å². The van der Waals surface area contributed by atoms with Gasteiger partial charge in [-0.15, -0.1) is 0 Å². The van der Waals surface area contributed by atoms with Gasteiger partial charge in [0.05, 0.1) is 6.04 Å². The van der Waals surface area contributed by atoms with E-state index in [1.54, 1.807) is 0 Å². The average molecular weight is 237 g/mol. The molecule has 0 bridgehead atoms. The number of anilines is 1.